The van der Waals surface area contributed by atoms with E-state index in [1.54, 1.807) is 0 Å². The summed E-state index contributed by atoms with van der Waals surface area (Å²) < 4.78 is 6.60. The van der Waals surface area contributed by atoms with E-state index in [4.69, 9.17) is 10.2 Å². The van der Waals surface area contributed by atoms with Crippen molar-refractivity contribution in [2.75, 3.05) is 5.73 Å². The molecule has 0 fully saturated rings. The first kappa shape index (κ1) is 11.5. The zero-order valence-corrected chi connectivity index (χ0v) is 11.3. The fourth-order valence-corrected chi connectivity index (χ4v) is 2.06. The third-order valence-electron chi connectivity index (χ3n) is 2.21. The van der Waals surface area contributed by atoms with Crippen molar-refractivity contribution in [3.05, 3.63) is 22.5 Å². The number of rotatable bonds is 1. The summed E-state index contributed by atoms with van der Waals surface area (Å²) >= 11 is 3.39. The van der Waals surface area contributed by atoms with E-state index in [0.717, 1.165) is 22.3 Å². The van der Waals surface area contributed by atoms with Crippen LogP contribution in [0.15, 0.2) is 21.0 Å². The summed E-state index contributed by atoms with van der Waals surface area (Å²) in [6.07, 6.45) is 0.804. The minimum Gasteiger partial charge on any atom is -0.438 e. The number of fused-ring (bicyclic) bond motifs is 1. The lowest BCUT2D eigenvalue weighted by Crippen LogP contribution is -2.09. The van der Waals surface area contributed by atoms with Gasteiger partial charge in [0, 0.05) is 10.9 Å². The molecule has 0 bridgehead atoms. The zero-order valence-electron chi connectivity index (χ0n) is 9.67. The predicted octanol–water partition coefficient (Wildman–Crippen LogP) is 3.76. The van der Waals surface area contributed by atoms with E-state index in [1.807, 2.05) is 12.1 Å². The average Bonchev–Trinajstić information content (AvgIpc) is 2.43. The van der Waals surface area contributed by atoms with Gasteiger partial charge in [0.05, 0.1) is 5.69 Å². The van der Waals surface area contributed by atoms with E-state index in [9.17, 15) is 0 Å². The van der Waals surface area contributed by atoms with Gasteiger partial charge in [-0.05, 0) is 17.5 Å². The first-order valence-corrected chi connectivity index (χ1v) is 5.99. The Bertz CT molecular complexity index is 526. The maximum absolute atomic E-state index is 5.87. The summed E-state index contributed by atoms with van der Waals surface area (Å²) in [7, 11) is 0. The third-order valence-corrected chi connectivity index (χ3v) is 2.67. The molecular weight excluding hydrogens is 268 g/mol. The van der Waals surface area contributed by atoms with E-state index in [-0.39, 0.29) is 5.41 Å². The molecule has 0 atom stereocenters. The molecule has 0 radical (unpaired) electrons. The topological polar surface area (TPSA) is 52.0 Å². The number of nitrogens with zero attached hydrogens (tertiary/aromatic N) is 1. The van der Waals surface area contributed by atoms with E-state index in [1.165, 1.54) is 0 Å². The molecule has 0 spiro atoms. The normalized spacial score (nSPS) is 12.2. The summed E-state index contributed by atoms with van der Waals surface area (Å²) in [5, 5.41) is 0. The monoisotopic (exact) mass is 282 g/mol. The quantitative estimate of drug-likeness (QED) is 0.811. The van der Waals surface area contributed by atoms with Gasteiger partial charge in [0.25, 0.3) is 0 Å². The first-order chi connectivity index (χ1) is 7.35. The van der Waals surface area contributed by atoms with Crippen LogP contribution >= 0.6 is 15.9 Å². The van der Waals surface area contributed by atoms with Gasteiger partial charge in [0.1, 0.15) is 5.52 Å². The molecule has 0 amide bonds. The van der Waals surface area contributed by atoms with Crippen LogP contribution in [0.2, 0.25) is 0 Å². The van der Waals surface area contributed by atoms with Gasteiger partial charge in [-0.2, -0.15) is 0 Å². The number of hydrogen-bond donors (Lipinski definition) is 1. The minimum absolute atomic E-state index is 0.160. The molecule has 2 rings (SSSR count). The van der Waals surface area contributed by atoms with Gasteiger partial charge in [-0.1, -0.05) is 36.7 Å². The number of nitrogens with two attached hydrogens (primary N) is 1. The summed E-state index contributed by atoms with van der Waals surface area (Å²) in [6.45, 7) is 6.46. The molecule has 0 aliphatic heterocycles. The Morgan fingerprint density at radius 2 is 2.06 bits per heavy atom. The molecular formula is C12H15BrN2O. The Balaban J connectivity index is 2.48. The lowest BCUT2D eigenvalue weighted by Gasteiger charge is -2.14. The first-order valence-electron chi connectivity index (χ1n) is 5.19. The van der Waals surface area contributed by atoms with Crippen LogP contribution in [0, 0.1) is 5.41 Å². The minimum atomic E-state index is 0.160. The van der Waals surface area contributed by atoms with Crippen LogP contribution in [-0.2, 0) is 6.42 Å². The molecule has 3 nitrogen and oxygen atoms in total. The van der Waals surface area contributed by atoms with Crippen LogP contribution in [0.1, 0.15) is 26.7 Å². The average molecular weight is 283 g/mol. The Kier molecular flexibility index (Phi) is 2.70. The molecule has 1 aromatic heterocycles. The molecule has 1 heterocycles. The number of halogens is 1. The van der Waals surface area contributed by atoms with Crippen molar-refractivity contribution in [3.8, 4) is 0 Å². The van der Waals surface area contributed by atoms with Crippen LogP contribution < -0.4 is 5.73 Å². The second-order valence-electron chi connectivity index (χ2n) is 5.19. The van der Waals surface area contributed by atoms with Gasteiger partial charge in [0.2, 0.25) is 0 Å². The SMILES string of the molecule is CC(C)(C)Cc1nc2cc(Br)cc(N)c2o1. The molecule has 2 N–H and O–H groups in total. The van der Waals surface area contributed by atoms with Crippen molar-refractivity contribution in [3.63, 3.8) is 0 Å². The second-order valence-corrected chi connectivity index (χ2v) is 6.10. The summed E-state index contributed by atoms with van der Waals surface area (Å²) in [5.74, 6) is 0.743. The second kappa shape index (κ2) is 3.77. The maximum Gasteiger partial charge on any atom is 0.196 e. The van der Waals surface area contributed by atoms with Crippen molar-refractivity contribution in [2.24, 2.45) is 5.41 Å². The number of anilines is 1. The number of hydrogen-bond acceptors (Lipinski definition) is 3. The largest absolute Gasteiger partial charge is 0.438 e. The Morgan fingerprint density at radius 3 is 2.69 bits per heavy atom. The Labute approximate surface area is 103 Å². The lowest BCUT2D eigenvalue weighted by molar-refractivity contribution is 0.362. The van der Waals surface area contributed by atoms with Crippen molar-refractivity contribution in [2.45, 2.75) is 27.2 Å². The van der Waals surface area contributed by atoms with Gasteiger partial charge in [-0.15, -0.1) is 0 Å². The van der Waals surface area contributed by atoms with E-state index in [2.05, 4.69) is 41.7 Å². The molecule has 2 aromatic rings. The molecule has 1 aromatic carbocycles. The van der Waals surface area contributed by atoms with Crippen molar-refractivity contribution in [1.29, 1.82) is 0 Å². The standard InChI is InChI=1S/C12H15BrN2O/c1-12(2,3)6-10-15-9-5-7(13)4-8(14)11(9)16-10/h4-5H,6,14H2,1-3H3. The predicted molar refractivity (Wildman–Crippen MR) is 69.3 cm³/mol. The maximum atomic E-state index is 5.87. The van der Waals surface area contributed by atoms with E-state index >= 15 is 0 Å². The number of nitrogen functional groups attached to an aromatic ring is 1. The van der Waals surface area contributed by atoms with Crippen molar-refractivity contribution >= 4 is 32.7 Å². The molecule has 0 aliphatic rings. The highest BCUT2D eigenvalue weighted by Gasteiger charge is 2.17. The number of oxazole rings is 1. The molecule has 0 unspecified atom stereocenters. The molecule has 16 heavy (non-hydrogen) atoms. The molecule has 86 valence electrons. The van der Waals surface area contributed by atoms with Gasteiger partial charge in [0.15, 0.2) is 11.5 Å². The van der Waals surface area contributed by atoms with Gasteiger partial charge < -0.3 is 10.2 Å². The lowest BCUT2D eigenvalue weighted by atomic mass is 9.92. The van der Waals surface area contributed by atoms with Crippen LogP contribution in [0.4, 0.5) is 5.69 Å². The van der Waals surface area contributed by atoms with Crippen LogP contribution in [-0.4, -0.2) is 4.98 Å². The zero-order chi connectivity index (χ0) is 11.9. The van der Waals surface area contributed by atoms with Gasteiger partial charge in [-0.3, -0.25) is 0 Å². The fraction of sp³-hybridized carbons (Fsp3) is 0.417. The van der Waals surface area contributed by atoms with Gasteiger partial charge >= 0.3 is 0 Å². The highest BCUT2D eigenvalue weighted by molar-refractivity contribution is 9.10. The number of aromatic nitrogens is 1. The van der Waals surface area contributed by atoms with Crippen molar-refractivity contribution in [1.82, 2.24) is 4.98 Å². The van der Waals surface area contributed by atoms with Crippen molar-refractivity contribution < 1.29 is 4.42 Å². The van der Waals surface area contributed by atoms with Crippen LogP contribution in [0.3, 0.4) is 0 Å². The van der Waals surface area contributed by atoms with E-state index < -0.39 is 0 Å². The Morgan fingerprint density at radius 1 is 1.38 bits per heavy atom. The molecule has 0 saturated carbocycles. The van der Waals surface area contributed by atoms with Gasteiger partial charge in [-0.25, -0.2) is 4.98 Å². The third kappa shape index (κ3) is 2.38. The Hall–Kier alpha value is -1.03. The highest BCUT2D eigenvalue weighted by atomic mass is 79.9. The smallest absolute Gasteiger partial charge is 0.196 e. The van der Waals surface area contributed by atoms with Crippen LogP contribution in [0.25, 0.3) is 11.1 Å². The molecule has 0 saturated heterocycles. The summed E-state index contributed by atoms with van der Waals surface area (Å²) in [6, 6.07) is 3.75. The van der Waals surface area contributed by atoms with E-state index in [0.29, 0.717) is 11.3 Å². The van der Waals surface area contributed by atoms with Crippen LogP contribution in [0.5, 0.6) is 0 Å². The fourth-order valence-electron chi connectivity index (χ4n) is 1.60. The highest BCUT2D eigenvalue weighted by Crippen LogP contribution is 2.29. The number of benzene rings is 1. The molecule has 4 heteroatoms. The molecule has 0 aliphatic carbocycles. The summed E-state index contributed by atoms with van der Waals surface area (Å²) in [4.78, 5) is 4.44. The summed E-state index contributed by atoms with van der Waals surface area (Å²) in [5.41, 5.74) is 8.15.